The van der Waals surface area contributed by atoms with E-state index in [0.717, 1.165) is 0 Å². The Morgan fingerprint density at radius 1 is 0.837 bits per heavy atom. The summed E-state index contributed by atoms with van der Waals surface area (Å²) in [6.45, 7) is 0.397. The number of carboxylic acid groups (broad SMARTS) is 2. The maximum atomic E-state index is 13.3. The van der Waals surface area contributed by atoms with Gasteiger partial charge in [0, 0.05) is 36.2 Å². The van der Waals surface area contributed by atoms with Gasteiger partial charge in [-0.25, -0.2) is 9.78 Å². The average molecular weight is 649 g/mol. The van der Waals surface area contributed by atoms with E-state index in [4.69, 9.17) is 21.1 Å². The van der Waals surface area contributed by atoms with E-state index in [1.807, 2.05) is 5.32 Å². The molecule has 20 heteroatoms. The highest BCUT2D eigenvalue weighted by atomic mass is 32.1. The Morgan fingerprint density at radius 3 is 1.91 bits per heavy atom. The third-order valence-corrected chi connectivity index (χ3v) is 6.55. The van der Waals surface area contributed by atoms with Crippen molar-refractivity contribution in [3.63, 3.8) is 0 Å². The van der Waals surface area contributed by atoms with Gasteiger partial charge in [-0.1, -0.05) is 0 Å². The number of nitrogens with zero attached hydrogens (tertiary/aromatic N) is 1. The molecule has 18 nitrogen and oxygen atoms in total. The standard InChI is InChI=1S/C23H36N8O10S2/c1-10(27-19(36)12(24)7-42)18(35)28-13(2-3-17(33)34)20(37)29-14(4-11-5-25-9-26-11)21(38)31-16(8-43)22(39)30-15(6-32)23(40)41/h5,9-10,12-16,32,42-43H,2-4,6-8,24H2,1H3,(H,25,26)(H,27,36)(H,28,35)(H,29,37)(H,30,39)(H,31,38)(H,33,34)(H,40,41)/t10-,12-,13-,14-,15-,16-/m0/s1. The minimum Gasteiger partial charge on any atom is -0.481 e. The van der Waals surface area contributed by atoms with Crippen molar-refractivity contribution < 1.29 is 48.9 Å². The van der Waals surface area contributed by atoms with Gasteiger partial charge in [0.15, 0.2) is 0 Å². The largest absolute Gasteiger partial charge is 0.481 e. The van der Waals surface area contributed by atoms with Crippen molar-refractivity contribution in [3.05, 3.63) is 18.2 Å². The molecule has 0 saturated carbocycles. The summed E-state index contributed by atoms with van der Waals surface area (Å²) in [6, 6.07) is -8.10. The zero-order valence-electron chi connectivity index (χ0n) is 23.0. The molecule has 0 aliphatic rings. The van der Waals surface area contributed by atoms with Gasteiger partial charge in [-0.15, -0.1) is 0 Å². The van der Waals surface area contributed by atoms with Crippen LogP contribution in [-0.2, 0) is 40.0 Å². The molecule has 0 radical (unpaired) electrons. The van der Waals surface area contributed by atoms with Crippen molar-refractivity contribution >= 4 is 66.7 Å². The van der Waals surface area contributed by atoms with Crippen LogP contribution in [0.25, 0.3) is 0 Å². The van der Waals surface area contributed by atoms with Gasteiger partial charge in [0.2, 0.25) is 29.5 Å². The molecule has 0 aliphatic heterocycles. The Morgan fingerprint density at radius 2 is 1.40 bits per heavy atom. The van der Waals surface area contributed by atoms with E-state index in [-0.39, 0.29) is 24.3 Å². The number of hydrogen-bond donors (Lipinski definition) is 12. The third kappa shape index (κ3) is 12.9. The fourth-order valence-corrected chi connectivity index (χ4v) is 3.75. The lowest BCUT2D eigenvalue weighted by Crippen LogP contribution is -2.60. The number of imidazole rings is 1. The second-order valence-electron chi connectivity index (χ2n) is 9.18. The molecule has 1 heterocycles. The van der Waals surface area contributed by atoms with Crippen LogP contribution in [-0.4, -0.2) is 121 Å². The summed E-state index contributed by atoms with van der Waals surface area (Å²) < 4.78 is 0. The van der Waals surface area contributed by atoms with Crippen molar-refractivity contribution in [2.24, 2.45) is 5.73 Å². The molecule has 0 saturated heterocycles. The smallest absolute Gasteiger partial charge is 0.328 e. The molecule has 0 spiro atoms. The number of H-pyrrole nitrogens is 1. The van der Waals surface area contributed by atoms with Crippen molar-refractivity contribution in [1.29, 1.82) is 0 Å². The predicted molar refractivity (Wildman–Crippen MR) is 155 cm³/mol. The number of carbonyl (C=O) groups is 7. The number of rotatable bonds is 19. The fraction of sp³-hybridized carbons (Fsp3) is 0.565. The Bertz CT molecular complexity index is 1140. The van der Waals surface area contributed by atoms with Crippen LogP contribution in [0.4, 0.5) is 0 Å². The molecule has 240 valence electrons. The van der Waals surface area contributed by atoms with Gasteiger partial charge in [-0.05, 0) is 13.3 Å². The maximum absolute atomic E-state index is 13.3. The van der Waals surface area contributed by atoms with Gasteiger partial charge >= 0.3 is 11.9 Å². The highest BCUT2D eigenvalue weighted by molar-refractivity contribution is 7.80. The highest BCUT2D eigenvalue weighted by Gasteiger charge is 2.32. The molecule has 1 rings (SSSR count). The van der Waals surface area contributed by atoms with Crippen molar-refractivity contribution in [1.82, 2.24) is 36.6 Å². The minimum atomic E-state index is -1.65. The summed E-state index contributed by atoms with van der Waals surface area (Å²) in [5, 5.41) is 38.9. The average Bonchev–Trinajstić information content (AvgIpc) is 3.48. The van der Waals surface area contributed by atoms with Crippen LogP contribution in [0.15, 0.2) is 12.5 Å². The monoisotopic (exact) mass is 648 g/mol. The lowest BCUT2D eigenvalue weighted by Gasteiger charge is -2.26. The summed E-state index contributed by atoms with van der Waals surface area (Å²) in [5.41, 5.74) is 5.96. The molecule has 0 unspecified atom stereocenters. The predicted octanol–water partition coefficient (Wildman–Crippen LogP) is -4.48. The van der Waals surface area contributed by atoms with Gasteiger partial charge in [-0.3, -0.25) is 28.8 Å². The number of aliphatic hydroxyl groups is 1. The number of aliphatic hydroxyl groups excluding tert-OH is 1. The second-order valence-corrected chi connectivity index (χ2v) is 9.91. The van der Waals surface area contributed by atoms with Gasteiger partial charge in [-0.2, -0.15) is 25.3 Å². The Balaban J connectivity index is 3.13. The molecule has 0 fully saturated rings. The number of aromatic nitrogens is 2. The molecule has 1 aromatic heterocycles. The van der Waals surface area contributed by atoms with E-state index in [9.17, 15) is 33.6 Å². The number of nitrogens with one attached hydrogen (secondary N) is 6. The molecular formula is C23H36N8O10S2. The van der Waals surface area contributed by atoms with Crippen LogP contribution < -0.4 is 32.3 Å². The first kappa shape index (κ1) is 37.1. The van der Waals surface area contributed by atoms with Crippen molar-refractivity contribution in [2.75, 3.05) is 18.1 Å². The molecule has 11 N–H and O–H groups in total. The van der Waals surface area contributed by atoms with E-state index >= 15 is 0 Å². The lowest BCUT2D eigenvalue weighted by atomic mass is 10.1. The van der Waals surface area contributed by atoms with Crippen molar-refractivity contribution in [2.45, 2.75) is 62.4 Å². The number of nitrogens with two attached hydrogens (primary N) is 1. The van der Waals surface area contributed by atoms with Gasteiger partial charge in [0.25, 0.3) is 0 Å². The van der Waals surface area contributed by atoms with Gasteiger partial charge in [0.1, 0.15) is 30.2 Å². The number of aromatic amines is 1. The summed E-state index contributed by atoms with van der Waals surface area (Å²) >= 11 is 7.91. The van der Waals surface area contributed by atoms with Crippen LogP contribution in [0.3, 0.4) is 0 Å². The van der Waals surface area contributed by atoms with Crippen LogP contribution in [0.2, 0.25) is 0 Å². The SMILES string of the molecule is C[C@H](NC(=O)[C@@H](N)CS)C(=O)N[C@@H](CCC(=O)O)C(=O)N[C@@H](Cc1cnc[nH]1)C(=O)N[C@@H](CS)C(=O)N[C@@H](CO)C(=O)O. The number of aliphatic carboxylic acids is 2. The molecule has 0 aromatic carbocycles. The molecular weight excluding hydrogens is 612 g/mol. The molecule has 43 heavy (non-hydrogen) atoms. The summed E-state index contributed by atoms with van der Waals surface area (Å²) in [6.07, 6.45) is 1.54. The first-order chi connectivity index (χ1) is 20.2. The number of hydrogen-bond acceptors (Lipinski definition) is 12. The summed E-state index contributed by atoms with van der Waals surface area (Å²) in [5.74, 6) is -7.46. The topological polar surface area (TPSA) is 295 Å². The van der Waals surface area contributed by atoms with Crippen LogP contribution in [0.5, 0.6) is 0 Å². The minimum absolute atomic E-state index is 0.000903. The van der Waals surface area contributed by atoms with E-state index in [0.29, 0.717) is 5.69 Å². The van der Waals surface area contributed by atoms with E-state index in [1.165, 1.54) is 19.4 Å². The van der Waals surface area contributed by atoms with Crippen LogP contribution in [0.1, 0.15) is 25.5 Å². The van der Waals surface area contributed by atoms with E-state index in [1.54, 1.807) is 0 Å². The lowest BCUT2D eigenvalue weighted by molar-refractivity contribution is -0.143. The number of carbonyl (C=O) groups excluding carboxylic acids is 5. The first-order valence-corrected chi connectivity index (χ1v) is 14.0. The second kappa shape index (κ2) is 18.6. The summed E-state index contributed by atoms with van der Waals surface area (Å²) in [7, 11) is 0. The molecule has 5 amide bonds. The van der Waals surface area contributed by atoms with E-state index < -0.39 is 90.8 Å². The Hall–Kier alpha value is -3.88. The number of thiol groups is 2. The van der Waals surface area contributed by atoms with Gasteiger partial charge in [0.05, 0.1) is 19.0 Å². The number of amides is 5. The van der Waals surface area contributed by atoms with Crippen LogP contribution in [0, 0.1) is 0 Å². The molecule has 0 bridgehead atoms. The van der Waals surface area contributed by atoms with Crippen LogP contribution >= 0.6 is 25.3 Å². The van der Waals surface area contributed by atoms with E-state index in [2.05, 4.69) is 56.5 Å². The summed E-state index contributed by atoms with van der Waals surface area (Å²) in [4.78, 5) is 92.7. The number of carboxylic acids is 2. The normalized spacial score (nSPS) is 15.0. The zero-order valence-corrected chi connectivity index (χ0v) is 24.8. The Labute approximate surface area is 256 Å². The van der Waals surface area contributed by atoms with Gasteiger partial charge < -0.3 is 52.6 Å². The fourth-order valence-electron chi connectivity index (χ4n) is 3.32. The quantitative estimate of drug-likeness (QED) is 0.0632. The maximum Gasteiger partial charge on any atom is 0.328 e. The third-order valence-electron chi connectivity index (χ3n) is 5.79. The molecule has 0 aliphatic carbocycles. The Kier molecular flexibility index (Phi) is 16.1. The highest BCUT2D eigenvalue weighted by Crippen LogP contribution is 2.05. The molecule has 1 aromatic rings. The van der Waals surface area contributed by atoms with Crippen molar-refractivity contribution in [3.8, 4) is 0 Å². The zero-order chi connectivity index (χ0) is 32.7. The first-order valence-electron chi connectivity index (χ1n) is 12.8. The molecule has 6 atom stereocenters.